The van der Waals surface area contributed by atoms with Gasteiger partial charge in [-0.25, -0.2) is 0 Å². The van der Waals surface area contributed by atoms with E-state index in [-0.39, 0.29) is 12.0 Å². The van der Waals surface area contributed by atoms with Gasteiger partial charge in [0.25, 0.3) is 0 Å². The van der Waals surface area contributed by atoms with Gasteiger partial charge in [0.15, 0.2) is 0 Å². The first-order valence-corrected chi connectivity index (χ1v) is 3.11. The van der Waals surface area contributed by atoms with Crippen LogP contribution in [0.5, 0.6) is 0 Å². The molecule has 1 aliphatic rings. The van der Waals surface area contributed by atoms with Crippen molar-refractivity contribution < 1.29 is 15.0 Å². The van der Waals surface area contributed by atoms with Gasteiger partial charge in [-0.2, -0.15) is 0 Å². The highest BCUT2D eigenvalue weighted by Gasteiger charge is 2.27. The van der Waals surface area contributed by atoms with E-state index in [0.717, 1.165) is 0 Å². The quantitative estimate of drug-likeness (QED) is 0.534. The molecule has 3 nitrogen and oxygen atoms in total. The third-order valence-electron chi connectivity index (χ3n) is 1.75. The van der Waals surface area contributed by atoms with Crippen molar-refractivity contribution in [3.8, 4) is 0 Å². The molecule has 0 aromatic rings. The molecule has 0 aromatic heterocycles. The summed E-state index contributed by atoms with van der Waals surface area (Å²) in [6.45, 7) is 0. The Morgan fingerprint density at radius 1 is 1.44 bits per heavy atom. The van der Waals surface area contributed by atoms with Crippen LogP contribution in [0.25, 0.3) is 0 Å². The lowest BCUT2D eigenvalue weighted by molar-refractivity contribution is -0.141. The summed E-state index contributed by atoms with van der Waals surface area (Å²) in [4.78, 5) is 10.2. The normalized spacial score (nSPS) is 34.8. The Balaban J connectivity index is 2.39. The van der Waals surface area contributed by atoms with Crippen LogP contribution < -0.4 is 0 Å². The van der Waals surface area contributed by atoms with E-state index in [1.54, 1.807) is 0 Å². The first kappa shape index (κ1) is 6.55. The van der Waals surface area contributed by atoms with Gasteiger partial charge in [-0.1, -0.05) is 0 Å². The van der Waals surface area contributed by atoms with Gasteiger partial charge in [-0.15, -0.1) is 0 Å². The summed E-state index contributed by atoms with van der Waals surface area (Å²) in [7, 11) is 0. The lowest BCUT2D eigenvalue weighted by Crippen LogP contribution is -2.10. The lowest BCUT2D eigenvalue weighted by atomic mass is 10.1. The molecule has 1 saturated carbocycles. The molecular formula is C6H10O3. The summed E-state index contributed by atoms with van der Waals surface area (Å²) in [5.74, 6) is -1.06. The Morgan fingerprint density at radius 2 is 2.11 bits per heavy atom. The minimum Gasteiger partial charge on any atom is -0.481 e. The third-order valence-corrected chi connectivity index (χ3v) is 1.75. The first-order chi connectivity index (χ1) is 4.20. The topological polar surface area (TPSA) is 57.5 Å². The number of aliphatic hydroxyl groups is 1. The molecule has 0 amide bonds. The maximum atomic E-state index is 10.2. The number of aliphatic carboxylic acids is 1. The van der Waals surface area contributed by atoms with E-state index in [0.29, 0.717) is 19.3 Å². The average Bonchev–Trinajstić information content (AvgIpc) is 2.14. The second kappa shape index (κ2) is 2.35. The number of aliphatic hydroxyl groups excluding tert-OH is 1. The van der Waals surface area contributed by atoms with Gasteiger partial charge in [0.1, 0.15) is 0 Å². The number of carboxylic acids is 1. The number of hydrogen-bond donors (Lipinski definition) is 2. The van der Waals surface area contributed by atoms with Crippen LogP contribution >= 0.6 is 0 Å². The van der Waals surface area contributed by atoms with Crippen LogP contribution in [0, 0.1) is 5.92 Å². The summed E-state index contributed by atoms with van der Waals surface area (Å²) in [5, 5.41) is 17.3. The molecule has 1 aliphatic carbocycles. The Labute approximate surface area is 53.3 Å². The predicted molar refractivity (Wildman–Crippen MR) is 31.0 cm³/mol. The van der Waals surface area contributed by atoms with Gasteiger partial charge in [0, 0.05) is 0 Å². The van der Waals surface area contributed by atoms with Crippen molar-refractivity contribution >= 4 is 5.97 Å². The van der Waals surface area contributed by atoms with E-state index < -0.39 is 5.97 Å². The van der Waals surface area contributed by atoms with Crippen LogP contribution in [0.15, 0.2) is 0 Å². The molecule has 9 heavy (non-hydrogen) atoms. The number of carboxylic acid groups (broad SMARTS) is 1. The zero-order chi connectivity index (χ0) is 6.85. The van der Waals surface area contributed by atoms with Gasteiger partial charge in [0.2, 0.25) is 0 Å². The maximum Gasteiger partial charge on any atom is 0.306 e. The zero-order valence-corrected chi connectivity index (χ0v) is 5.08. The Morgan fingerprint density at radius 3 is 2.33 bits per heavy atom. The van der Waals surface area contributed by atoms with Crippen molar-refractivity contribution in [2.75, 3.05) is 0 Å². The zero-order valence-electron chi connectivity index (χ0n) is 5.08. The number of carbonyl (C=O) groups is 1. The molecule has 0 spiro atoms. The van der Waals surface area contributed by atoms with E-state index in [2.05, 4.69) is 0 Å². The Hall–Kier alpha value is -0.570. The molecule has 0 saturated heterocycles. The highest BCUT2D eigenvalue weighted by Crippen LogP contribution is 2.24. The van der Waals surface area contributed by atoms with Crippen LogP contribution in [0.1, 0.15) is 19.3 Å². The summed E-state index contributed by atoms with van der Waals surface area (Å²) in [6.07, 6.45) is 1.36. The maximum absolute atomic E-state index is 10.2. The van der Waals surface area contributed by atoms with E-state index in [1.807, 2.05) is 0 Å². The predicted octanol–water partition coefficient (Wildman–Crippen LogP) is 0.232. The Kier molecular flexibility index (Phi) is 1.71. The van der Waals surface area contributed by atoms with Crippen molar-refractivity contribution in [2.45, 2.75) is 25.4 Å². The van der Waals surface area contributed by atoms with Crippen molar-refractivity contribution in [3.63, 3.8) is 0 Å². The van der Waals surface area contributed by atoms with Gasteiger partial charge >= 0.3 is 5.97 Å². The average molecular weight is 130 g/mol. The number of rotatable bonds is 1. The van der Waals surface area contributed by atoms with Gasteiger partial charge in [-0.05, 0) is 19.3 Å². The van der Waals surface area contributed by atoms with E-state index in [4.69, 9.17) is 10.2 Å². The highest BCUT2D eigenvalue weighted by molar-refractivity contribution is 5.70. The summed E-state index contributed by atoms with van der Waals surface area (Å²) < 4.78 is 0. The molecule has 0 bridgehead atoms. The van der Waals surface area contributed by atoms with Crippen LogP contribution in [-0.2, 0) is 4.79 Å². The van der Waals surface area contributed by atoms with Gasteiger partial charge in [-0.3, -0.25) is 4.79 Å². The molecule has 3 heteroatoms. The monoisotopic (exact) mass is 130 g/mol. The highest BCUT2D eigenvalue weighted by atomic mass is 16.4. The number of hydrogen-bond acceptors (Lipinski definition) is 2. The van der Waals surface area contributed by atoms with Crippen molar-refractivity contribution in [2.24, 2.45) is 5.92 Å². The SMILES string of the molecule is O=C(O)[C@H]1CC[C@H](O)C1. The van der Waals surface area contributed by atoms with Crippen LogP contribution in [-0.4, -0.2) is 22.3 Å². The second-order valence-corrected chi connectivity index (χ2v) is 2.50. The van der Waals surface area contributed by atoms with Crippen LogP contribution in [0.2, 0.25) is 0 Å². The van der Waals surface area contributed by atoms with Crippen molar-refractivity contribution in [1.82, 2.24) is 0 Å². The minimum atomic E-state index is -0.772. The molecule has 1 rings (SSSR count). The molecule has 0 heterocycles. The molecule has 2 atom stereocenters. The third kappa shape index (κ3) is 1.42. The summed E-state index contributed by atoms with van der Waals surface area (Å²) in [6, 6.07) is 0. The lowest BCUT2D eigenvalue weighted by Gasteiger charge is -1.99. The molecule has 0 unspecified atom stereocenters. The fourth-order valence-electron chi connectivity index (χ4n) is 1.18. The second-order valence-electron chi connectivity index (χ2n) is 2.50. The summed E-state index contributed by atoms with van der Waals surface area (Å²) in [5.41, 5.74) is 0. The molecule has 2 N–H and O–H groups in total. The van der Waals surface area contributed by atoms with E-state index >= 15 is 0 Å². The van der Waals surface area contributed by atoms with Crippen LogP contribution in [0.3, 0.4) is 0 Å². The van der Waals surface area contributed by atoms with Crippen molar-refractivity contribution in [3.05, 3.63) is 0 Å². The fraction of sp³-hybridized carbons (Fsp3) is 0.833. The largest absolute Gasteiger partial charge is 0.481 e. The van der Waals surface area contributed by atoms with Gasteiger partial charge in [0.05, 0.1) is 12.0 Å². The molecule has 0 aliphatic heterocycles. The molecule has 52 valence electrons. The molecule has 1 fully saturated rings. The van der Waals surface area contributed by atoms with Crippen LogP contribution in [0.4, 0.5) is 0 Å². The molecule has 0 aromatic carbocycles. The fourth-order valence-corrected chi connectivity index (χ4v) is 1.18. The van der Waals surface area contributed by atoms with E-state index in [9.17, 15) is 4.79 Å². The smallest absolute Gasteiger partial charge is 0.306 e. The van der Waals surface area contributed by atoms with Crippen molar-refractivity contribution in [1.29, 1.82) is 0 Å². The van der Waals surface area contributed by atoms with E-state index in [1.165, 1.54) is 0 Å². The minimum absolute atomic E-state index is 0.292. The molecular weight excluding hydrogens is 120 g/mol. The summed E-state index contributed by atoms with van der Waals surface area (Å²) >= 11 is 0. The molecule has 0 radical (unpaired) electrons. The standard InChI is InChI=1S/C6H10O3/c7-5-2-1-4(3-5)6(8)9/h4-5,7H,1-3H2,(H,8,9)/t4-,5-/m0/s1. The van der Waals surface area contributed by atoms with Gasteiger partial charge < -0.3 is 10.2 Å². The Bertz CT molecular complexity index is 121. The first-order valence-electron chi connectivity index (χ1n) is 3.11.